The zero-order chi connectivity index (χ0) is 18.1. The van der Waals surface area contributed by atoms with Gasteiger partial charge in [-0.2, -0.15) is 0 Å². The number of methoxy groups -OCH3 is 1. The topological polar surface area (TPSA) is 74.4 Å². The average Bonchev–Trinajstić information content (AvgIpc) is 3.09. The van der Waals surface area contributed by atoms with Crippen molar-refractivity contribution in [2.75, 3.05) is 26.8 Å². The fourth-order valence-electron chi connectivity index (χ4n) is 4.40. The summed E-state index contributed by atoms with van der Waals surface area (Å²) in [5.41, 5.74) is 1.80. The van der Waals surface area contributed by atoms with Gasteiger partial charge in [-0.3, -0.25) is 9.59 Å². The van der Waals surface area contributed by atoms with Crippen LogP contribution in [0.5, 0.6) is 0 Å². The van der Waals surface area contributed by atoms with Gasteiger partial charge in [0.1, 0.15) is 12.3 Å². The van der Waals surface area contributed by atoms with E-state index < -0.39 is 0 Å². The summed E-state index contributed by atoms with van der Waals surface area (Å²) in [6.45, 7) is 1.59. The van der Waals surface area contributed by atoms with Crippen molar-refractivity contribution in [1.82, 2.24) is 15.2 Å². The van der Waals surface area contributed by atoms with Gasteiger partial charge in [-0.05, 0) is 43.2 Å². The first-order valence-corrected chi connectivity index (χ1v) is 9.27. The Labute approximate surface area is 152 Å². The van der Waals surface area contributed by atoms with E-state index in [-0.39, 0.29) is 29.9 Å². The first kappa shape index (κ1) is 17.1. The molecule has 138 valence electrons. The van der Waals surface area contributed by atoms with E-state index in [4.69, 9.17) is 4.74 Å². The molecule has 2 heterocycles. The van der Waals surface area contributed by atoms with Crippen LogP contribution in [0.15, 0.2) is 30.3 Å². The van der Waals surface area contributed by atoms with E-state index in [0.717, 1.165) is 49.7 Å². The Morgan fingerprint density at radius 2 is 2.04 bits per heavy atom. The summed E-state index contributed by atoms with van der Waals surface area (Å²) in [4.78, 5) is 29.8. The highest BCUT2D eigenvalue weighted by molar-refractivity contribution is 5.98. The van der Waals surface area contributed by atoms with Crippen LogP contribution in [-0.4, -0.2) is 54.5 Å². The second-order valence-corrected chi connectivity index (χ2v) is 7.52. The molecule has 1 saturated heterocycles. The van der Waals surface area contributed by atoms with Crippen LogP contribution < -0.4 is 5.32 Å². The highest BCUT2D eigenvalue weighted by atomic mass is 16.5. The Kier molecular flexibility index (Phi) is 4.44. The number of para-hydroxylation sites is 1. The molecule has 4 rings (SSSR count). The number of aromatic amines is 1. The van der Waals surface area contributed by atoms with E-state index in [2.05, 4.69) is 10.3 Å². The van der Waals surface area contributed by atoms with E-state index in [0.29, 0.717) is 5.69 Å². The van der Waals surface area contributed by atoms with Gasteiger partial charge in [0.2, 0.25) is 5.91 Å². The normalized spacial score (nSPS) is 21.6. The lowest BCUT2D eigenvalue weighted by atomic mass is 9.59. The van der Waals surface area contributed by atoms with Gasteiger partial charge in [-0.25, -0.2) is 0 Å². The lowest BCUT2D eigenvalue weighted by molar-refractivity contribution is -0.129. The molecule has 2 aliphatic rings. The SMILES string of the molecule is COCC(=O)NC1CCC12CCN(C(=O)c1cc3ccccc3[nH]1)CC2. The monoisotopic (exact) mass is 355 g/mol. The molecule has 26 heavy (non-hydrogen) atoms. The second-order valence-electron chi connectivity index (χ2n) is 7.52. The third-order valence-electron chi connectivity index (χ3n) is 6.09. The van der Waals surface area contributed by atoms with Crippen molar-refractivity contribution in [1.29, 1.82) is 0 Å². The van der Waals surface area contributed by atoms with Crippen LogP contribution in [0.1, 0.15) is 36.2 Å². The van der Waals surface area contributed by atoms with Crippen LogP contribution in [0.3, 0.4) is 0 Å². The number of fused-ring (bicyclic) bond motifs is 1. The van der Waals surface area contributed by atoms with E-state index in [1.807, 2.05) is 35.2 Å². The number of nitrogens with zero attached hydrogens (tertiary/aromatic N) is 1. The fourth-order valence-corrected chi connectivity index (χ4v) is 4.40. The van der Waals surface area contributed by atoms with Gasteiger partial charge >= 0.3 is 0 Å². The van der Waals surface area contributed by atoms with Crippen LogP contribution in [0.4, 0.5) is 0 Å². The maximum atomic E-state index is 12.8. The van der Waals surface area contributed by atoms with Gasteiger partial charge in [-0.15, -0.1) is 0 Å². The molecule has 0 radical (unpaired) electrons. The minimum Gasteiger partial charge on any atom is -0.375 e. The summed E-state index contributed by atoms with van der Waals surface area (Å²) in [5, 5.41) is 4.16. The summed E-state index contributed by atoms with van der Waals surface area (Å²) >= 11 is 0. The van der Waals surface area contributed by atoms with E-state index in [1.165, 1.54) is 7.11 Å². The number of benzene rings is 1. The fraction of sp³-hybridized carbons (Fsp3) is 0.500. The molecular weight excluding hydrogens is 330 g/mol. The number of likely N-dealkylation sites (tertiary alicyclic amines) is 1. The molecule has 1 unspecified atom stereocenters. The first-order chi connectivity index (χ1) is 12.6. The molecule has 1 aromatic carbocycles. The van der Waals surface area contributed by atoms with Gasteiger partial charge in [0.05, 0.1) is 0 Å². The summed E-state index contributed by atoms with van der Waals surface area (Å²) in [7, 11) is 1.53. The number of H-pyrrole nitrogens is 1. The molecule has 2 aromatic rings. The van der Waals surface area contributed by atoms with Gasteiger partial charge in [0, 0.05) is 37.1 Å². The Bertz CT molecular complexity index is 788. The van der Waals surface area contributed by atoms with Gasteiger partial charge in [0.15, 0.2) is 0 Å². The number of piperidine rings is 1. The first-order valence-electron chi connectivity index (χ1n) is 9.27. The van der Waals surface area contributed by atoms with Gasteiger partial charge in [-0.1, -0.05) is 18.2 Å². The number of aromatic nitrogens is 1. The molecule has 1 spiro atoms. The molecule has 2 fully saturated rings. The van der Waals surface area contributed by atoms with Crippen molar-refractivity contribution in [3.8, 4) is 0 Å². The van der Waals surface area contributed by atoms with Crippen molar-refractivity contribution in [2.45, 2.75) is 31.7 Å². The highest BCUT2D eigenvalue weighted by Gasteiger charge is 2.49. The smallest absolute Gasteiger partial charge is 0.270 e. The Balaban J connectivity index is 1.38. The lowest BCUT2D eigenvalue weighted by Crippen LogP contribution is -2.60. The summed E-state index contributed by atoms with van der Waals surface area (Å²) < 4.78 is 4.90. The molecule has 0 bridgehead atoms. The molecular formula is C20H25N3O3. The summed E-state index contributed by atoms with van der Waals surface area (Å²) in [5.74, 6) is 0.0171. The second kappa shape index (κ2) is 6.76. The van der Waals surface area contributed by atoms with Crippen LogP contribution in [0.25, 0.3) is 10.9 Å². The third-order valence-corrected chi connectivity index (χ3v) is 6.09. The Hall–Kier alpha value is -2.34. The molecule has 6 heteroatoms. The lowest BCUT2D eigenvalue weighted by Gasteiger charge is -2.54. The number of carbonyl (C=O) groups is 2. The van der Waals surface area contributed by atoms with E-state index in [1.54, 1.807) is 0 Å². The molecule has 1 atom stereocenters. The minimum absolute atomic E-state index is 0.0480. The Morgan fingerprint density at radius 1 is 1.27 bits per heavy atom. The molecule has 1 saturated carbocycles. The van der Waals surface area contributed by atoms with Gasteiger partial charge in [0.25, 0.3) is 5.91 Å². The Morgan fingerprint density at radius 3 is 2.69 bits per heavy atom. The number of rotatable bonds is 4. The largest absolute Gasteiger partial charge is 0.375 e. The standard InChI is InChI=1S/C20H25N3O3/c1-26-13-18(24)22-17-6-7-20(17)8-10-23(11-9-20)19(25)16-12-14-4-2-3-5-15(14)21-16/h2-5,12,17,21H,6-11,13H2,1H3,(H,22,24). The van der Waals surface area contributed by atoms with Crippen LogP contribution in [-0.2, 0) is 9.53 Å². The minimum atomic E-state index is -0.0480. The number of carbonyl (C=O) groups excluding carboxylic acids is 2. The van der Waals surface area contributed by atoms with Gasteiger partial charge < -0.3 is 19.9 Å². The number of hydrogen-bond acceptors (Lipinski definition) is 3. The number of hydrogen-bond donors (Lipinski definition) is 2. The zero-order valence-corrected chi connectivity index (χ0v) is 15.1. The third kappa shape index (κ3) is 2.98. The summed E-state index contributed by atoms with van der Waals surface area (Å²) in [6, 6.07) is 10.1. The van der Waals surface area contributed by atoms with E-state index >= 15 is 0 Å². The molecule has 2 amide bonds. The predicted molar refractivity (Wildman–Crippen MR) is 98.9 cm³/mol. The maximum Gasteiger partial charge on any atom is 0.270 e. The molecule has 1 aliphatic heterocycles. The maximum absolute atomic E-state index is 12.8. The quantitative estimate of drug-likeness (QED) is 0.884. The number of amides is 2. The van der Waals surface area contributed by atoms with Crippen molar-refractivity contribution < 1.29 is 14.3 Å². The highest BCUT2D eigenvalue weighted by Crippen LogP contribution is 2.49. The van der Waals surface area contributed by atoms with E-state index in [9.17, 15) is 9.59 Å². The number of ether oxygens (including phenoxy) is 1. The van der Waals surface area contributed by atoms with Crippen molar-refractivity contribution >= 4 is 22.7 Å². The van der Waals surface area contributed by atoms with Crippen molar-refractivity contribution in [3.63, 3.8) is 0 Å². The number of nitrogens with one attached hydrogen (secondary N) is 2. The summed E-state index contributed by atoms with van der Waals surface area (Å²) in [6.07, 6.45) is 4.03. The average molecular weight is 355 g/mol. The van der Waals surface area contributed by atoms with Crippen molar-refractivity contribution in [2.24, 2.45) is 5.41 Å². The van der Waals surface area contributed by atoms with Crippen molar-refractivity contribution in [3.05, 3.63) is 36.0 Å². The zero-order valence-electron chi connectivity index (χ0n) is 15.1. The molecule has 1 aliphatic carbocycles. The van der Waals surface area contributed by atoms with Crippen LogP contribution >= 0.6 is 0 Å². The predicted octanol–water partition coefficient (Wildman–Crippen LogP) is 2.32. The molecule has 2 N–H and O–H groups in total. The van der Waals surface area contributed by atoms with Crippen LogP contribution in [0, 0.1) is 5.41 Å². The molecule has 1 aromatic heterocycles. The van der Waals surface area contributed by atoms with Crippen LogP contribution in [0.2, 0.25) is 0 Å². The molecule has 6 nitrogen and oxygen atoms in total.